The second-order valence-corrected chi connectivity index (χ2v) is 7.62. The van der Waals surface area contributed by atoms with Gasteiger partial charge in [-0.05, 0) is 44.0 Å². The Balaban J connectivity index is 0.00000220. The Labute approximate surface area is 142 Å². The van der Waals surface area contributed by atoms with Crippen molar-refractivity contribution in [2.45, 2.75) is 36.6 Å². The lowest BCUT2D eigenvalue weighted by Gasteiger charge is -2.34. The number of nitrogens with zero attached hydrogens (tertiary/aromatic N) is 1. The molecule has 0 amide bonds. The summed E-state index contributed by atoms with van der Waals surface area (Å²) in [5.41, 5.74) is 5.59. The first-order valence-electron chi connectivity index (χ1n) is 6.64. The van der Waals surface area contributed by atoms with Gasteiger partial charge in [0.1, 0.15) is 4.90 Å². The molecule has 1 aromatic carbocycles. The molecule has 2 rings (SSSR count). The number of rotatable bonds is 4. The summed E-state index contributed by atoms with van der Waals surface area (Å²) in [4.78, 5) is 0.0792. The highest BCUT2D eigenvalue weighted by molar-refractivity contribution is 7.89. The van der Waals surface area contributed by atoms with Crippen molar-refractivity contribution in [1.29, 1.82) is 0 Å². The molecule has 0 saturated carbocycles. The maximum atomic E-state index is 12.8. The number of hydrogen-bond acceptors (Lipinski definition) is 3. The predicted octanol–water partition coefficient (Wildman–Crippen LogP) is 3.31. The average Bonchev–Trinajstić information content (AvgIpc) is 2.42. The molecule has 1 fully saturated rings. The van der Waals surface area contributed by atoms with Crippen LogP contribution in [0, 0.1) is 0 Å². The second kappa shape index (κ2) is 7.99. The maximum absolute atomic E-state index is 12.8. The van der Waals surface area contributed by atoms with Crippen LogP contribution in [0.15, 0.2) is 23.1 Å². The zero-order valence-corrected chi connectivity index (χ0v) is 14.6. The van der Waals surface area contributed by atoms with E-state index in [9.17, 15) is 8.42 Å². The van der Waals surface area contributed by atoms with Crippen molar-refractivity contribution in [3.05, 3.63) is 28.2 Å². The van der Waals surface area contributed by atoms with Gasteiger partial charge >= 0.3 is 0 Å². The highest BCUT2D eigenvalue weighted by Gasteiger charge is 2.34. The molecule has 1 saturated heterocycles. The molecule has 4 nitrogen and oxygen atoms in total. The third-order valence-electron chi connectivity index (χ3n) is 3.55. The van der Waals surface area contributed by atoms with Crippen molar-refractivity contribution in [2.24, 2.45) is 5.73 Å². The van der Waals surface area contributed by atoms with E-state index >= 15 is 0 Å². The zero-order chi connectivity index (χ0) is 14.8. The van der Waals surface area contributed by atoms with Crippen molar-refractivity contribution in [1.82, 2.24) is 4.31 Å². The Hall–Kier alpha value is -0.0400. The van der Waals surface area contributed by atoms with Gasteiger partial charge in [-0.15, -0.1) is 12.4 Å². The van der Waals surface area contributed by atoms with Crippen LogP contribution in [-0.2, 0) is 10.0 Å². The van der Waals surface area contributed by atoms with Crippen molar-refractivity contribution in [3.8, 4) is 0 Å². The topological polar surface area (TPSA) is 63.4 Å². The normalized spacial score (nSPS) is 20.0. The van der Waals surface area contributed by atoms with Crippen LogP contribution in [0.3, 0.4) is 0 Å². The molecule has 2 N–H and O–H groups in total. The summed E-state index contributed by atoms with van der Waals surface area (Å²) in [5.74, 6) is 0. The first kappa shape index (κ1) is 19.0. The Morgan fingerprint density at radius 1 is 1.29 bits per heavy atom. The molecule has 1 heterocycles. The fourth-order valence-electron chi connectivity index (χ4n) is 2.57. The Morgan fingerprint density at radius 2 is 2.00 bits per heavy atom. The van der Waals surface area contributed by atoms with E-state index in [2.05, 4.69) is 0 Å². The number of piperidine rings is 1. The lowest BCUT2D eigenvalue weighted by atomic mass is 10.0. The number of nitrogens with two attached hydrogens (primary N) is 1. The number of halogens is 3. The van der Waals surface area contributed by atoms with E-state index < -0.39 is 10.0 Å². The third kappa shape index (κ3) is 4.24. The largest absolute Gasteiger partial charge is 0.330 e. The van der Waals surface area contributed by atoms with E-state index in [1.807, 2.05) is 0 Å². The summed E-state index contributed by atoms with van der Waals surface area (Å²) in [6.45, 7) is 0.982. The molecule has 1 unspecified atom stereocenters. The van der Waals surface area contributed by atoms with Crippen LogP contribution in [-0.4, -0.2) is 31.9 Å². The van der Waals surface area contributed by atoms with Gasteiger partial charge in [0.15, 0.2) is 0 Å². The van der Waals surface area contributed by atoms with Gasteiger partial charge in [0.05, 0.1) is 5.02 Å². The molecular weight excluding hydrogens is 355 g/mol. The van der Waals surface area contributed by atoms with Gasteiger partial charge < -0.3 is 5.73 Å². The monoisotopic (exact) mass is 372 g/mol. The Morgan fingerprint density at radius 3 is 2.67 bits per heavy atom. The average molecular weight is 374 g/mol. The van der Waals surface area contributed by atoms with Crippen LogP contribution in [0.4, 0.5) is 0 Å². The second-order valence-electron chi connectivity index (χ2n) is 4.92. The third-order valence-corrected chi connectivity index (χ3v) is 6.22. The SMILES string of the molecule is Cl.NCCC1CCCCN1S(=O)(=O)c1cc(Cl)ccc1Cl. The number of hydrogen-bond donors (Lipinski definition) is 1. The van der Waals surface area contributed by atoms with Gasteiger partial charge in [0.2, 0.25) is 10.0 Å². The van der Waals surface area contributed by atoms with Crippen LogP contribution in [0.2, 0.25) is 10.0 Å². The van der Waals surface area contributed by atoms with E-state index in [-0.39, 0.29) is 28.4 Å². The molecule has 8 heteroatoms. The molecule has 1 aromatic rings. The minimum Gasteiger partial charge on any atom is -0.330 e. The van der Waals surface area contributed by atoms with Crippen LogP contribution in [0.25, 0.3) is 0 Å². The van der Waals surface area contributed by atoms with Crippen molar-refractivity contribution >= 4 is 45.6 Å². The fraction of sp³-hybridized carbons (Fsp3) is 0.538. The summed E-state index contributed by atoms with van der Waals surface area (Å²) < 4.78 is 27.1. The molecular formula is C13H19Cl3N2O2S. The Kier molecular flexibility index (Phi) is 7.24. The molecule has 0 aromatic heterocycles. The zero-order valence-electron chi connectivity index (χ0n) is 11.5. The van der Waals surface area contributed by atoms with Gasteiger partial charge in [-0.25, -0.2) is 8.42 Å². The van der Waals surface area contributed by atoms with E-state index in [1.54, 1.807) is 6.07 Å². The van der Waals surface area contributed by atoms with Crippen LogP contribution >= 0.6 is 35.6 Å². The maximum Gasteiger partial charge on any atom is 0.244 e. The van der Waals surface area contributed by atoms with Gasteiger partial charge in [0, 0.05) is 17.6 Å². The van der Waals surface area contributed by atoms with E-state index in [0.29, 0.717) is 24.5 Å². The summed E-state index contributed by atoms with van der Waals surface area (Å²) in [6, 6.07) is 4.46. The predicted molar refractivity (Wildman–Crippen MR) is 88.9 cm³/mol. The molecule has 0 spiro atoms. The first-order chi connectivity index (χ1) is 9.46. The number of sulfonamides is 1. The molecule has 0 bridgehead atoms. The highest BCUT2D eigenvalue weighted by Crippen LogP contribution is 2.32. The van der Waals surface area contributed by atoms with Crippen molar-refractivity contribution in [2.75, 3.05) is 13.1 Å². The van der Waals surface area contributed by atoms with E-state index in [1.165, 1.54) is 16.4 Å². The van der Waals surface area contributed by atoms with Crippen LogP contribution in [0.1, 0.15) is 25.7 Å². The molecule has 0 radical (unpaired) electrons. The molecule has 1 aliphatic heterocycles. The lowest BCUT2D eigenvalue weighted by molar-refractivity contribution is 0.243. The minimum atomic E-state index is -3.63. The molecule has 0 aliphatic carbocycles. The standard InChI is InChI=1S/C13H18Cl2N2O2S.ClH/c14-10-4-5-12(15)13(9-10)20(18,19)17-8-2-1-3-11(17)6-7-16;/h4-5,9,11H,1-3,6-8,16H2;1H. The van der Waals surface area contributed by atoms with Crippen molar-refractivity contribution in [3.63, 3.8) is 0 Å². The van der Waals surface area contributed by atoms with E-state index in [4.69, 9.17) is 28.9 Å². The minimum absolute atomic E-state index is 0. The quantitative estimate of drug-likeness (QED) is 0.880. The summed E-state index contributed by atoms with van der Waals surface area (Å²) in [5, 5.41) is 0.562. The molecule has 1 atom stereocenters. The molecule has 120 valence electrons. The fourth-order valence-corrected chi connectivity index (χ4v) is 5.04. The summed E-state index contributed by atoms with van der Waals surface area (Å²) >= 11 is 11.9. The van der Waals surface area contributed by atoms with Crippen LogP contribution < -0.4 is 5.73 Å². The van der Waals surface area contributed by atoms with Gasteiger partial charge in [-0.3, -0.25) is 0 Å². The molecule has 21 heavy (non-hydrogen) atoms. The van der Waals surface area contributed by atoms with Gasteiger partial charge in [0.25, 0.3) is 0 Å². The summed E-state index contributed by atoms with van der Waals surface area (Å²) in [6.07, 6.45) is 3.39. The smallest absolute Gasteiger partial charge is 0.244 e. The van der Waals surface area contributed by atoms with E-state index in [0.717, 1.165) is 19.3 Å². The molecule has 1 aliphatic rings. The highest BCUT2D eigenvalue weighted by atomic mass is 35.5. The lowest BCUT2D eigenvalue weighted by Crippen LogP contribution is -2.44. The first-order valence-corrected chi connectivity index (χ1v) is 8.83. The number of benzene rings is 1. The van der Waals surface area contributed by atoms with Gasteiger partial charge in [-0.2, -0.15) is 4.31 Å². The Bertz CT molecular complexity index is 579. The summed E-state index contributed by atoms with van der Waals surface area (Å²) in [7, 11) is -3.63. The van der Waals surface area contributed by atoms with Crippen LogP contribution in [0.5, 0.6) is 0 Å². The van der Waals surface area contributed by atoms with Gasteiger partial charge in [-0.1, -0.05) is 29.6 Å². The van der Waals surface area contributed by atoms with Crippen molar-refractivity contribution < 1.29 is 8.42 Å².